The van der Waals surface area contributed by atoms with Gasteiger partial charge in [0.15, 0.2) is 0 Å². The van der Waals surface area contributed by atoms with Gasteiger partial charge in [-0.3, -0.25) is 0 Å². The van der Waals surface area contributed by atoms with Crippen molar-refractivity contribution in [3.63, 3.8) is 0 Å². The number of hydrogen-bond donors (Lipinski definition) is 2. The third-order valence-electron chi connectivity index (χ3n) is 2.64. The van der Waals surface area contributed by atoms with Crippen molar-refractivity contribution >= 4 is 21.4 Å². The predicted octanol–water partition coefficient (Wildman–Crippen LogP) is 1.85. The molecule has 0 spiro atoms. The van der Waals surface area contributed by atoms with Crippen LogP contribution in [0.3, 0.4) is 0 Å². The molecule has 0 aliphatic heterocycles. The van der Waals surface area contributed by atoms with E-state index in [2.05, 4.69) is 10.0 Å². The summed E-state index contributed by atoms with van der Waals surface area (Å²) in [5.41, 5.74) is 1.57. The molecule has 2 aromatic rings. The first-order valence-corrected chi connectivity index (χ1v) is 8.13. The third kappa shape index (κ3) is 3.24. The molecule has 2 N–H and O–H groups in total. The van der Waals surface area contributed by atoms with Gasteiger partial charge in [0, 0.05) is 23.5 Å². The van der Waals surface area contributed by atoms with Gasteiger partial charge in [0.05, 0.1) is 12.5 Å². The highest BCUT2D eigenvalue weighted by Crippen LogP contribution is 2.26. The zero-order chi connectivity index (χ0) is 13.9. The summed E-state index contributed by atoms with van der Waals surface area (Å²) in [4.78, 5) is 1.20. The van der Waals surface area contributed by atoms with E-state index in [1.165, 1.54) is 23.9 Å². The smallest absolute Gasteiger partial charge is 0.242 e. The summed E-state index contributed by atoms with van der Waals surface area (Å²) in [5, 5.41) is 4.84. The molecule has 0 amide bonds. The number of nitrogens with one attached hydrogen (secondary N) is 2. The number of hydrogen-bond acceptors (Lipinski definition) is 5. The lowest BCUT2D eigenvalue weighted by molar-refractivity contribution is 0.561. The predicted molar refractivity (Wildman–Crippen MR) is 74.6 cm³/mol. The van der Waals surface area contributed by atoms with Crippen molar-refractivity contribution in [1.82, 2.24) is 10.0 Å². The van der Waals surface area contributed by atoms with Crippen molar-refractivity contribution in [1.29, 1.82) is 0 Å². The van der Waals surface area contributed by atoms with Gasteiger partial charge >= 0.3 is 0 Å². The molecule has 0 saturated carbocycles. The Bertz CT molecular complexity index is 630. The first-order chi connectivity index (χ1) is 9.04. The van der Waals surface area contributed by atoms with Gasteiger partial charge in [-0.1, -0.05) is 0 Å². The van der Waals surface area contributed by atoms with Crippen molar-refractivity contribution in [3.05, 3.63) is 40.0 Å². The average molecular weight is 300 g/mol. The fourth-order valence-corrected chi connectivity index (χ4v) is 4.61. The average Bonchev–Trinajstić information content (AvgIpc) is 2.97. The first kappa shape index (κ1) is 14.3. The molecule has 0 aliphatic carbocycles. The number of aryl methyl sites for hydroxylation is 1. The van der Waals surface area contributed by atoms with Crippen molar-refractivity contribution in [3.8, 4) is 0 Å². The van der Waals surface area contributed by atoms with E-state index in [0.29, 0.717) is 11.4 Å². The first-order valence-electron chi connectivity index (χ1n) is 5.77. The zero-order valence-electron chi connectivity index (χ0n) is 10.8. The molecule has 0 unspecified atom stereocenters. The molecule has 2 rings (SSSR count). The molecule has 0 aliphatic rings. The maximum absolute atomic E-state index is 12.3. The lowest BCUT2D eigenvalue weighted by Gasteiger charge is -2.08. The molecule has 0 bridgehead atoms. The van der Waals surface area contributed by atoms with Crippen LogP contribution >= 0.6 is 11.3 Å². The molecular formula is C12H16N2O3S2. The maximum Gasteiger partial charge on any atom is 0.242 e. The van der Waals surface area contributed by atoms with E-state index in [4.69, 9.17) is 4.42 Å². The highest BCUT2D eigenvalue weighted by molar-refractivity contribution is 7.89. The van der Waals surface area contributed by atoms with E-state index in [-0.39, 0.29) is 6.54 Å². The Morgan fingerprint density at radius 2 is 2.16 bits per heavy atom. The number of sulfonamides is 1. The van der Waals surface area contributed by atoms with Gasteiger partial charge in [0.2, 0.25) is 10.0 Å². The van der Waals surface area contributed by atoms with Crippen molar-refractivity contribution < 1.29 is 12.8 Å². The number of furan rings is 1. The van der Waals surface area contributed by atoms with Crippen LogP contribution in [0, 0.1) is 6.92 Å². The van der Waals surface area contributed by atoms with E-state index < -0.39 is 10.0 Å². The summed E-state index contributed by atoms with van der Waals surface area (Å²) in [5.74, 6) is 0. The van der Waals surface area contributed by atoms with Crippen LogP contribution in [0.15, 0.2) is 33.3 Å². The van der Waals surface area contributed by atoms with E-state index in [1.54, 1.807) is 13.1 Å². The molecule has 0 atom stereocenters. The van der Waals surface area contributed by atoms with Crippen LogP contribution in [0.1, 0.15) is 16.0 Å². The van der Waals surface area contributed by atoms with Crippen LogP contribution in [0.4, 0.5) is 0 Å². The minimum absolute atomic E-state index is 0.229. The van der Waals surface area contributed by atoms with Crippen LogP contribution in [-0.2, 0) is 23.1 Å². The number of thiophene rings is 1. The number of rotatable bonds is 6. The van der Waals surface area contributed by atoms with Gasteiger partial charge < -0.3 is 9.73 Å². The second-order valence-corrected chi connectivity index (χ2v) is 6.83. The highest BCUT2D eigenvalue weighted by atomic mass is 32.2. The van der Waals surface area contributed by atoms with Crippen molar-refractivity contribution in [2.75, 3.05) is 7.05 Å². The Morgan fingerprint density at radius 3 is 2.79 bits per heavy atom. The summed E-state index contributed by atoms with van der Waals surface area (Å²) in [6.45, 7) is 2.58. The molecule has 104 valence electrons. The van der Waals surface area contributed by atoms with E-state index >= 15 is 0 Å². The van der Waals surface area contributed by atoms with Gasteiger partial charge in [-0.25, -0.2) is 13.1 Å². The Kier molecular flexibility index (Phi) is 4.41. The second-order valence-electron chi connectivity index (χ2n) is 4.16. The maximum atomic E-state index is 12.3. The van der Waals surface area contributed by atoms with E-state index in [1.807, 2.05) is 12.3 Å². The van der Waals surface area contributed by atoms with Gasteiger partial charge in [0.1, 0.15) is 4.90 Å². The van der Waals surface area contributed by atoms with E-state index in [0.717, 1.165) is 16.0 Å². The van der Waals surface area contributed by atoms with Gasteiger partial charge in [-0.05, 0) is 31.0 Å². The van der Waals surface area contributed by atoms with Crippen LogP contribution in [0.2, 0.25) is 0 Å². The summed E-state index contributed by atoms with van der Waals surface area (Å²) in [7, 11) is -1.70. The minimum atomic E-state index is -3.50. The van der Waals surface area contributed by atoms with Crippen LogP contribution < -0.4 is 10.0 Å². The molecule has 0 saturated heterocycles. The quantitative estimate of drug-likeness (QED) is 0.854. The zero-order valence-corrected chi connectivity index (χ0v) is 12.4. The monoisotopic (exact) mass is 300 g/mol. The van der Waals surface area contributed by atoms with Crippen molar-refractivity contribution in [2.45, 2.75) is 24.9 Å². The Balaban J connectivity index is 2.21. The normalized spacial score (nSPS) is 11.9. The molecule has 2 aromatic heterocycles. The van der Waals surface area contributed by atoms with Crippen molar-refractivity contribution in [2.24, 2.45) is 0 Å². The SMILES string of the molecule is CNCc1scc(C)c1S(=O)(=O)NCc1ccoc1. The fourth-order valence-electron chi connectivity index (χ4n) is 1.77. The highest BCUT2D eigenvalue weighted by Gasteiger charge is 2.22. The van der Waals surface area contributed by atoms with E-state index in [9.17, 15) is 8.42 Å². The standard InChI is InChI=1S/C12H16N2O3S2/c1-9-8-18-11(6-13-2)12(9)19(15,16)14-5-10-3-4-17-7-10/h3-4,7-8,13-14H,5-6H2,1-2H3. The van der Waals surface area contributed by atoms with Gasteiger partial charge in [0.25, 0.3) is 0 Å². The molecule has 0 aromatic carbocycles. The topological polar surface area (TPSA) is 71.3 Å². The molecule has 19 heavy (non-hydrogen) atoms. The third-order valence-corrected chi connectivity index (χ3v) is 5.51. The Morgan fingerprint density at radius 1 is 1.37 bits per heavy atom. The Hall–Kier alpha value is -1.15. The van der Waals surface area contributed by atoms with Gasteiger partial charge in [-0.2, -0.15) is 0 Å². The molecule has 2 heterocycles. The van der Waals surface area contributed by atoms with Crippen LogP contribution in [-0.4, -0.2) is 15.5 Å². The lowest BCUT2D eigenvalue weighted by Crippen LogP contribution is -2.24. The summed E-state index contributed by atoms with van der Waals surface area (Å²) < 4.78 is 32.2. The minimum Gasteiger partial charge on any atom is -0.472 e. The van der Waals surface area contributed by atoms with Gasteiger partial charge in [-0.15, -0.1) is 11.3 Å². The largest absolute Gasteiger partial charge is 0.472 e. The lowest BCUT2D eigenvalue weighted by atomic mass is 10.3. The molecule has 5 nitrogen and oxygen atoms in total. The molecule has 7 heteroatoms. The second kappa shape index (κ2) is 5.87. The summed E-state index contributed by atoms with van der Waals surface area (Å²) in [6, 6.07) is 1.73. The molecule has 0 radical (unpaired) electrons. The molecular weight excluding hydrogens is 284 g/mol. The van der Waals surface area contributed by atoms with Crippen LogP contribution in [0.5, 0.6) is 0 Å². The summed E-state index contributed by atoms with van der Waals surface area (Å²) >= 11 is 1.45. The molecule has 0 fully saturated rings. The summed E-state index contributed by atoms with van der Waals surface area (Å²) in [6.07, 6.45) is 3.05. The van der Waals surface area contributed by atoms with Crippen LogP contribution in [0.25, 0.3) is 0 Å². The fraction of sp³-hybridized carbons (Fsp3) is 0.333. The Labute approximate surface area is 116 Å².